The number of carbonyl (C=O) groups is 1. The van der Waals surface area contributed by atoms with Crippen molar-refractivity contribution in [3.8, 4) is 5.75 Å². The minimum Gasteiger partial charge on any atom is -0.492 e. The van der Waals surface area contributed by atoms with Crippen molar-refractivity contribution < 1.29 is 17.9 Å². The number of nitrogens with zero attached hydrogens (tertiary/aromatic N) is 1. The molecule has 152 valence electrons. The Bertz CT molecular complexity index is 928. The summed E-state index contributed by atoms with van der Waals surface area (Å²) in [4.78, 5) is 12.3. The van der Waals surface area contributed by atoms with E-state index in [0.29, 0.717) is 19.7 Å². The van der Waals surface area contributed by atoms with E-state index in [1.54, 1.807) is 13.8 Å². The van der Waals surface area contributed by atoms with Crippen LogP contribution in [0.2, 0.25) is 5.02 Å². The standard InChI is InChI=1S/C20H25ClN2O4S/c1-4-23(5-2)28(25,26)19-14-16(9-10-18(19)21)20(24)22-11-12-27-17-8-6-7-15(3)13-17/h6-10,13-14H,4-5,11-12H2,1-3H3,(H,22,24). The van der Waals surface area contributed by atoms with Crippen molar-refractivity contribution in [2.75, 3.05) is 26.2 Å². The zero-order valence-electron chi connectivity index (χ0n) is 16.2. The highest BCUT2D eigenvalue weighted by molar-refractivity contribution is 7.89. The molecule has 1 amide bonds. The van der Waals surface area contributed by atoms with E-state index in [4.69, 9.17) is 16.3 Å². The van der Waals surface area contributed by atoms with E-state index in [2.05, 4.69) is 5.32 Å². The smallest absolute Gasteiger partial charge is 0.251 e. The van der Waals surface area contributed by atoms with Gasteiger partial charge in [-0.3, -0.25) is 4.79 Å². The number of hydrogen-bond acceptors (Lipinski definition) is 4. The molecule has 0 aromatic heterocycles. The van der Waals surface area contributed by atoms with E-state index in [1.165, 1.54) is 22.5 Å². The maximum atomic E-state index is 12.7. The number of carbonyl (C=O) groups excluding carboxylic acids is 1. The molecule has 0 aliphatic heterocycles. The first-order valence-corrected chi connectivity index (χ1v) is 10.9. The molecule has 8 heteroatoms. The molecule has 2 aromatic rings. The molecular formula is C20H25ClN2O4S. The van der Waals surface area contributed by atoms with Gasteiger partial charge in [0.05, 0.1) is 11.6 Å². The Morgan fingerprint density at radius 3 is 2.50 bits per heavy atom. The van der Waals surface area contributed by atoms with Gasteiger partial charge in [0.25, 0.3) is 5.91 Å². The van der Waals surface area contributed by atoms with Crippen LogP contribution in [0.3, 0.4) is 0 Å². The third-order valence-corrected chi connectivity index (χ3v) is 6.69. The molecule has 28 heavy (non-hydrogen) atoms. The van der Waals surface area contributed by atoms with Crippen LogP contribution >= 0.6 is 11.6 Å². The van der Waals surface area contributed by atoms with Crippen molar-refractivity contribution in [2.24, 2.45) is 0 Å². The summed E-state index contributed by atoms with van der Waals surface area (Å²) < 4.78 is 32.3. The maximum Gasteiger partial charge on any atom is 0.251 e. The summed E-state index contributed by atoms with van der Waals surface area (Å²) in [6.45, 7) is 6.70. The van der Waals surface area contributed by atoms with E-state index in [1.807, 2.05) is 31.2 Å². The summed E-state index contributed by atoms with van der Waals surface area (Å²) >= 11 is 6.09. The zero-order valence-corrected chi connectivity index (χ0v) is 17.8. The van der Waals surface area contributed by atoms with Gasteiger partial charge in [0.2, 0.25) is 10.0 Å². The molecule has 0 atom stereocenters. The second kappa shape index (κ2) is 9.91. The number of rotatable bonds is 9. The number of benzene rings is 2. The average Bonchev–Trinajstić information content (AvgIpc) is 2.66. The highest BCUT2D eigenvalue weighted by Crippen LogP contribution is 2.25. The largest absolute Gasteiger partial charge is 0.492 e. The fourth-order valence-electron chi connectivity index (χ4n) is 2.69. The normalized spacial score (nSPS) is 11.5. The van der Waals surface area contributed by atoms with Crippen LogP contribution in [0.25, 0.3) is 0 Å². The number of nitrogens with one attached hydrogen (secondary N) is 1. The van der Waals surface area contributed by atoms with Crippen LogP contribution in [-0.2, 0) is 10.0 Å². The van der Waals surface area contributed by atoms with Gasteiger partial charge >= 0.3 is 0 Å². The molecular weight excluding hydrogens is 400 g/mol. The lowest BCUT2D eigenvalue weighted by Crippen LogP contribution is -2.31. The zero-order chi connectivity index (χ0) is 20.7. The van der Waals surface area contributed by atoms with Crippen molar-refractivity contribution in [1.29, 1.82) is 0 Å². The molecule has 0 radical (unpaired) electrons. The number of hydrogen-bond donors (Lipinski definition) is 1. The van der Waals surface area contributed by atoms with E-state index < -0.39 is 10.0 Å². The fourth-order valence-corrected chi connectivity index (χ4v) is 4.64. The molecule has 1 N–H and O–H groups in total. The maximum absolute atomic E-state index is 12.7. The van der Waals surface area contributed by atoms with E-state index in [-0.39, 0.29) is 27.9 Å². The number of aryl methyl sites for hydroxylation is 1. The van der Waals surface area contributed by atoms with Crippen molar-refractivity contribution in [3.63, 3.8) is 0 Å². The van der Waals surface area contributed by atoms with Crippen LogP contribution in [0.4, 0.5) is 0 Å². The number of sulfonamides is 1. The lowest BCUT2D eigenvalue weighted by Gasteiger charge is -2.19. The molecule has 0 saturated heterocycles. The number of ether oxygens (including phenoxy) is 1. The monoisotopic (exact) mass is 424 g/mol. The first-order chi connectivity index (χ1) is 13.3. The summed E-state index contributed by atoms with van der Waals surface area (Å²) in [6.07, 6.45) is 0. The third kappa shape index (κ3) is 5.47. The third-order valence-electron chi connectivity index (χ3n) is 4.16. The Kier molecular flexibility index (Phi) is 7.86. The topological polar surface area (TPSA) is 75.7 Å². The molecule has 0 spiro atoms. The molecule has 0 aliphatic carbocycles. The minimum atomic E-state index is -3.76. The van der Waals surface area contributed by atoms with Gasteiger partial charge in [0.15, 0.2) is 0 Å². The molecule has 0 bridgehead atoms. The SMILES string of the molecule is CCN(CC)S(=O)(=O)c1cc(C(=O)NCCOc2cccc(C)c2)ccc1Cl. The van der Waals surface area contributed by atoms with E-state index in [9.17, 15) is 13.2 Å². The van der Waals surface area contributed by atoms with Gasteiger partial charge in [-0.05, 0) is 42.8 Å². The van der Waals surface area contributed by atoms with E-state index >= 15 is 0 Å². The second-order valence-corrected chi connectivity index (χ2v) is 8.47. The molecule has 0 heterocycles. The van der Waals surface area contributed by atoms with Crippen molar-refractivity contribution >= 4 is 27.5 Å². The van der Waals surface area contributed by atoms with Gasteiger partial charge in [-0.25, -0.2) is 8.42 Å². The minimum absolute atomic E-state index is 0.0680. The molecule has 0 fully saturated rings. The van der Waals surface area contributed by atoms with Crippen LogP contribution in [0.15, 0.2) is 47.4 Å². The van der Waals surface area contributed by atoms with Crippen LogP contribution in [0, 0.1) is 6.92 Å². The first kappa shape index (κ1) is 22.2. The summed E-state index contributed by atoms with van der Waals surface area (Å²) in [5.74, 6) is 0.342. The van der Waals surface area contributed by atoms with Crippen LogP contribution in [0.1, 0.15) is 29.8 Å². The van der Waals surface area contributed by atoms with Crippen LogP contribution in [-0.4, -0.2) is 44.9 Å². The van der Waals surface area contributed by atoms with Gasteiger partial charge in [0.1, 0.15) is 17.3 Å². The van der Waals surface area contributed by atoms with Crippen LogP contribution < -0.4 is 10.1 Å². The quantitative estimate of drug-likeness (QED) is 0.625. The highest BCUT2D eigenvalue weighted by atomic mass is 35.5. The van der Waals surface area contributed by atoms with Crippen LogP contribution in [0.5, 0.6) is 5.75 Å². The number of amides is 1. The Hall–Kier alpha value is -2.09. The van der Waals surface area contributed by atoms with Crippen molar-refractivity contribution in [1.82, 2.24) is 9.62 Å². The molecule has 2 rings (SSSR count). The Labute approximate surface area is 171 Å². The lowest BCUT2D eigenvalue weighted by molar-refractivity contribution is 0.0947. The van der Waals surface area contributed by atoms with Gasteiger partial charge in [-0.15, -0.1) is 0 Å². The molecule has 0 unspecified atom stereocenters. The summed E-state index contributed by atoms with van der Waals surface area (Å²) in [6, 6.07) is 11.9. The lowest BCUT2D eigenvalue weighted by atomic mass is 10.2. The van der Waals surface area contributed by atoms with Gasteiger partial charge in [-0.2, -0.15) is 4.31 Å². The molecule has 6 nitrogen and oxygen atoms in total. The summed E-state index contributed by atoms with van der Waals surface area (Å²) in [5.41, 5.74) is 1.32. The highest BCUT2D eigenvalue weighted by Gasteiger charge is 2.25. The molecule has 2 aromatic carbocycles. The van der Waals surface area contributed by atoms with E-state index in [0.717, 1.165) is 11.3 Å². The molecule has 0 aliphatic rings. The summed E-state index contributed by atoms with van der Waals surface area (Å²) in [7, 11) is -3.76. The predicted molar refractivity (Wildman–Crippen MR) is 111 cm³/mol. The fraction of sp³-hybridized carbons (Fsp3) is 0.350. The Morgan fingerprint density at radius 1 is 1.14 bits per heavy atom. The average molecular weight is 425 g/mol. The number of halogens is 1. The first-order valence-electron chi connectivity index (χ1n) is 9.07. The Morgan fingerprint density at radius 2 is 1.86 bits per heavy atom. The van der Waals surface area contributed by atoms with Gasteiger partial charge in [0, 0.05) is 18.7 Å². The summed E-state index contributed by atoms with van der Waals surface area (Å²) in [5, 5.41) is 2.81. The van der Waals surface area contributed by atoms with Gasteiger partial charge in [-0.1, -0.05) is 37.6 Å². The van der Waals surface area contributed by atoms with Crippen molar-refractivity contribution in [2.45, 2.75) is 25.7 Å². The predicted octanol–water partition coefficient (Wildman–Crippen LogP) is 3.49. The second-order valence-electron chi connectivity index (χ2n) is 6.16. The molecule has 0 saturated carbocycles. The van der Waals surface area contributed by atoms with Crippen molar-refractivity contribution in [3.05, 3.63) is 58.6 Å². The van der Waals surface area contributed by atoms with Gasteiger partial charge < -0.3 is 10.1 Å². The Balaban J connectivity index is 2.04.